The summed E-state index contributed by atoms with van der Waals surface area (Å²) >= 11 is 1.84. The molecular formula is C12H21N3OS. The molecule has 1 N–H and O–H groups in total. The highest BCUT2D eigenvalue weighted by molar-refractivity contribution is 7.99. The topological polar surface area (TPSA) is 40.8 Å². The second-order valence-corrected chi connectivity index (χ2v) is 5.19. The Kier molecular flexibility index (Phi) is 5.97. The smallest absolute Gasteiger partial charge is 0.193 e. The minimum absolute atomic E-state index is 0.573. The van der Waals surface area contributed by atoms with Gasteiger partial charge in [0.05, 0.1) is 12.8 Å². The van der Waals surface area contributed by atoms with E-state index in [1.807, 2.05) is 35.8 Å². The van der Waals surface area contributed by atoms with E-state index in [1.54, 1.807) is 13.3 Å². The Bertz CT molecular complexity index is 338. The predicted octanol–water partition coefficient (Wildman–Crippen LogP) is 2.04. The van der Waals surface area contributed by atoms with Gasteiger partial charge in [-0.1, -0.05) is 6.92 Å². The molecule has 1 rings (SSSR count). The second-order valence-electron chi connectivity index (χ2n) is 3.91. The molecule has 0 saturated heterocycles. The maximum atomic E-state index is 5.32. The monoisotopic (exact) mass is 255 g/mol. The molecule has 96 valence electrons. The Balaban J connectivity index is 2.44. The third kappa shape index (κ3) is 4.73. The summed E-state index contributed by atoms with van der Waals surface area (Å²) in [4.78, 5) is 6.30. The van der Waals surface area contributed by atoms with Crippen LogP contribution in [0, 0.1) is 0 Å². The van der Waals surface area contributed by atoms with Crippen molar-refractivity contribution in [2.45, 2.75) is 18.7 Å². The largest absolute Gasteiger partial charge is 0.467 e. The molecule has 0 aliphatic rings. The van der Waals surface area contributed by atoms with Gasteiger partial charge in [0.15, 0.2) is 5.96 Å². The average molecular weight is 255 g/mol. The van der Waals surface area contributed by atoms with Gasteiger partial charge in [-0.15, -0.1) is 0 Å². The number of aliphatic imine (C=N–C) groups is 1. The van der Waals surface area contributed by atoms with Crippen molar-refractivity contribution in [3.05, 3.63) is 24.2 Å². The fourth-order valence-electron chi connectivity index (χ4n) is 1.41. The van der Waals surface area contributed by atoms with E-state index in [2.05, 4.69) is 23.5 Å². The van der Waals surface area contributed by atoms with Crippen LogP contribution in [0.15, 0.2) is 27.8 Å². The van der Waals surface area contributed by atoms with Gasteiger partial charge in [-0.05, 0) is 18.4 Å². The third-order valence-electron chi connectivity index (χ3n) is 2.50. The SMILES string of the molecule is CN=C(NCC(C)SC)N(C)Cc1ccco1. The highest BCUT2D eigenvalue weighted by atomic mass is 32.2. The van der Waals surface area contributed by atoms with Gasteiger partial charge >= 0.3 is 0 Å². The number of furan rings is 1. The van der Waals surface area contributed by atoms with Crippen LogP contribution in [0.4, 0.5) is 0 Å². The maximum Gasteiger partial charge on any atom is 0.193 e. The third-order valence-corrected chi connectivity index (χ3v) is 3.47. The lowest BCUT2D eigenvalue weighted by molar-refractivity contribution is 0.400. The van der Waals surface area contributed by atoms with E-state index < -0.39 is 0 Å². The fraction of sp³-hybridized carbons (Fsp3) is 0.583. The Morgan fingerprint density at radius 2 is 2.41 bits per heavy atom. The van der Waals surface area contributed by atoms with Crippen LogP contribution in [0.25, 0.3) is 0 Å². The summed E-state index contributed by atoms with van der Waals surface area (Å²) in [6.07, 6.45) is 3.80. The number of hydrogen-bond acceptors (Lipinski definition) is 3. The van der Waals surface area contributed by atoms with E-state index in [0.717, 1.165) is 24.8 Å². The molecular weight excluding hydrogens is 234 g/mol. The van der Waals surface area contributed by atoms with Gasteiger partial charge in [-0.3, -0.25) is 4.99 Å². The van der Waals surface area contributed by atoms with Crippen LogP contribution in [-0.2, 0) is 6.54 Å². The summed E-state index contributed by atoms with van der Waals surface area (Å²) in [5.74, 6) is 1.83. The first-order valence-corrected chi connectivity index (χ1v) is 6.93. The van der Waals surface area contributed by atoms with Crippen LogP contribution in [0.5, 0.6) is 0 Å². The highest BCUT2D eigenvalue weighted by Crippen LogP contribution is 2.05. The number of nitrogens with one attached hydrogen (secondary N) is 1. The zero-order chi connectivity index (χ0) is 12.7. The van der Waals surface area contributed by atoms with E-state index in [1.165, 1.54) is 0 Å². The summed E-state index contributed by atoms with van der Waals surface area (Å²) in [5.41, 5.74) is 0. The molecule has 5 heteroatoms. The maximum absolute atomic E-state index is 5.32. The summed E-state index contributed by atoms with van der Waals surface area (Å²) in [7, 11) is 3.80. The number of hydrogen-bond donors (Lipinski definition) is 1. The molecule has 1 atom stereocenters. The molecule has 1 heterocycles. The molecule has 0 bridgehead atoms. The van der Waals surface area contributed by atoms with E-state index in [9.17, 15) is 0 Å². The van der Waals surface area contributed by atoms with Gasteiger partial charge in [0, 0.05) is 25.9 Å². The van der Waals surface area contributed by atoms with E-state index in [0.29, 0.717) is 5.25 Å². The van der Waals surface area contributed by atoms with E-state index in [-0.39, 0.29) is 0 Å². The first kappa shape index (κ1) is 14.0. The van der Waals surface area contributed by atoms with Gasteiger partial charge in [-0.2, -0.15) is 11.8 Å². The predicted molar refractivity (Wildman–Crippen MR) is 74.5 cm³/mol. The van der Waals surface area contributed by atoms with Crippen LogP contribution in [0.1, 0.15) is 12.7 Å². The van der Waals surface area contributed by atoms with Crippen molar-refractivity contribution >= 4 is 17.7 Å². The summed E-state index contributed by atoms with van der Waals surface area (Å²) in [6, 6.07) is 3.86. The lowest BCUT2D eigenvalue weighted by Crippen LogP contribution is -2.40. The van der Waals surface area contributed by atoms with Crippen molar-refractivity contribution in [1.82, 2.24) is 10.2 Å². The molecule has 0 radical (unpaired) electrons. The van der Waals surface area contributed by atoms with Gasteiger partial charge in [0.2, 0.25) is 0 Å². The lowest BCUT2D eigenvalue weighted by Gasteiger charge is -2.22. The molecule has 0 aliphatic heterocycles. The van der Waals surface area contributed by atoms with Crippen LogP contribution in [0.3, 0.4) is 0 Å². The van der Waals surface area contributed by atoms with E-state index >= 15 is 0 Å². The Labute approximate surface area is 107 Å². The Morgan fingerprint density at radius 1 is 1.65 bits per heavy atom. The van der Waals surface area contributed by atoms with Crippen molar-refractivity contribution in [3.63, 3.8) is 0 Å². The van der Waals surface area contributed by atoms with Crippen molar-refractivity contribution in [2.75, 3.05) is 26.9 Å². The summed E-state index contributed by atoms with van der Waals surface area (Å²) in [6.45, 7) is 3.83. The highest BCUT2D eigenvalue weighted by Gasteiger charge is 2.09. The lowest BCUT2D eigenvalue weighted by atomic mass is 10.4. The normalized spacial score (nSPS) is 13.5. The first-order chi connectivity index (χ1) is 8.17. The molecule has 1 aromatic rings. The summed E-state index contributed by atoms with van der Waals surface area (Å²) < 4.78 is 5.32. The molecule has 0 fully saturated rings. The van der Waals surface area contributed by atoms with Crippen LogP contribution < -0.4 is 5.32 Å². The molecule has 17 heavy (non-hydrogen) atoms. The molecule has 1 aromatic heterocycles. The summed E-state index contributed by atoms with van der Waals surface area (Å²) in [5, 5.41) is 3.92. The first-order valence-electron chi connectivity index (χ1n) is 5.64. The van der Waals surface area contributed by atoms with Crippen molar-refractivity contribution < 1.29 is 4.42 Å². The van der Waals surface area contributed by atoms with Gasteiger partial charge in [0.25, 0.3) is 0 Å². The van der Waals surface area contributed by atoms with Crippen LogP contribution in [0.2, 0.25) is 0 Å². The Morgan fingerprint density at radius 3 is 2.94 bits per heavy atom. The molecule has 4 nitrogen and oxygen atoms in total. The second kappa shape index (κ2) is 7.27. The van der Waals surface area contributed by atoms with Crippen LogP contribution >= 0.6 is 11.8 Å². The van der Waals surface area contributed by atoms with Gasteiger partial charge in [0.1, 0.15) is 5.76 Å². The Hall–Kier alpha value is -1.10. The van der Waals surface area contributed by atoms with Crippen molar-refractivity contribution in [1.29, 1.82) is 0 Å². The zero-order valence-corrected chi connectivity index (χ0v) is 11.8. The average Bonchev–Trinajstić information content (AvgIpc) is 2.82. The number of guanidine groups is 1. The number of nitrogens with zero attached hydrogens (tertiary/aromatic N) is 2. The molecule has 0 aliphatic carbocycles. The van der Waals surface area contributed by atoms with Crippen molar-refractivity contribution in [2.24, 2.45) is 4.99 Å². The molecule has 0 amide bonds. The number of rotatable bonds is 5. The minimum atomic E-state index is 0.573. The molecule has 0 aromatic carbocycles. The molecule has 0 saturated carbocycles. The van der Waals surface area contributed by atoms with E-state index in [4.69, 9.17) is 4.42 Å². The van der Waals surface area contributed by atoms with Gasteiger partial charge in [-0.25, -0.2) is 0 Å². The quantitative estimate of drug-likeness (QED) is 0.646. The minimum Gasteiger partial charge on any atom is -0.467 e. The molecule has 0 spiro atoms. The van der Waals surface area contributed by atoms with Crippen LogP contribution in [-0.4, -0.2) is 43.0 Å². The van der Waals surface area contributed by atoms with Crippen molar-refractivity contribution in [3.8, 4) is 0 Å². The van der Waals surface area contributed by atoms with Gasteiger partial charge < -0.3 is 14.6 Å². The fourth-order valence-corrected chi connectivity index (χ4v) is 1.66. The number of thioether (sulfide) groups is 1. The standard InChI is InChI=1S/C12H21N3OS/c1-10(17-4)8-14-12(13-2)15(3)9-11-6-5-7-16-11/h5-7,10H,8-9H2,1-4H3,(H,13,14). The molecule has 1 unspecified atom stereocenters. The zero-order valence-electron chi connectivity index (χ0n) is 10.9.